The first-order valence-corrected chi connectivity index (χ1v) is 5.40. The molecule has 0 aromatic heterocycles. The van der Waals surface area contributed by atoms with Crippen LogP contribution < -0.4 is 10.4 Å². The summed E-state index contributed by atoms with van der Waals surface area (Å²) in [4.78, 5) is 21.4. The number of hydrogen-bond acceptors (Lipinski definition) is 5. The molecule has 1 N–H and O–H groups in total. The smallest absolute Gasteiger partial charge is 0.290 e. The lowest BCUT2D eigenvalue weighted by Gasteiger charge is -2.22. The molecule has 0 aliphatic rings. The SMILES string of the molecule is C=CC(=O)NOP(=O)([O-])OCC(C)C. The summed E-state index contributed by atoms with van der Waals surface area (Å²) in [6.45, 7) is 6.68. The van der Waals surface area contributed by atoms with E-state index < -0.39 is 13.7 Å². The maximum atomic E-state index is 10.9. The van der Waals surface area contributed by atoms with Gasteiger partial charge in [0.05, 0.1) is 6.61 Å². The van der Waals surface area contributed by atoms with Crippen molar-refractivity contribution in [2.75, 3.05) is 6.61 Å². The van der Waals surface area contributed by atoms with Crippen LogP contribution in [0.15, 0.2) is 12.7 Å². The molecular weight excluding hydrogens is 209 g/mol. The Hall–Kier alpha value is -0.680. The van der Waals surface area contributed by atoms with Crippen molar-refractivity contribution in [3.8, 4) is 0 Å². The molecule has 1 amide bonds. The van der Waals surface area contributed by atoms with Crippen molar-refractivity contribution in [2.45, 2.75) is 13.8 Å². The molecule has 0 saturated carbocycles. The van der Waals surface area contributed by atoms with Crippen LogP contribution in [0.4, 0.5) is 0 Å². The summed E-state index contributed by atoms with van der Waals surface area (Å²) in [6.07, 6.45) is 0.877. The van der Waals surface area contributed by atoms with Gasteiger partial charge in [-0.3, -0.25) is 9.36 Å². The maximum Gasteiger partial charge on any atom is 0.290 e. The van der Waals surface area contributed by atoms with Crippen molar-refractivity contribution in [1.29, 1.82) is 0 Å². The van der Waals surface area contributed by atoms with Crippen LogP contribution in [0, 0.1) is 5.92 Å². The van der Waals surface area contributed by atoms with Crippen molar-refractivity contribution in [3.05, 3.63) is 12.7 Å². The van der Waals surface area contributed by atoms with Crippen LogP contribution in [0.25, 0.3) is 0 Å². The van der Waals surface area contributed by atoms with Gasteiger partial charge in [0, 0.05) is 0 Å². The summed E-state index contributed by atoms with van der Waals surface area (Å²) in [5, 5.41) is 0. The quantitative estimate of drug-likeness (QED) is 0.398. The number of hydrogen-bond donors (Lipinski definition) is 1. The molecule has 0 aliphatic carbocycles. The monoisotopic (exact) mass is 222 g/mol. The van der Waals surface area contributed by atoms with E-state index in [0.29, 0.717) is 0 Å². The molecule has 7 heteroatoms. The maximum absolute atomic E-state index is 10.9. The van der Waals surface area contributed by atoms with Gasteiger partial charge in [0.15, 0.2) is 0 Å². The Morgan fingerprint density at radius 2 is 2.29 bits per heavy atom. The Morgan fingerprint density at radius 1 is 1.71 bits per heavy atom. The Morgan fingerprint density at radius 3 is 2.71 bits per heavy atom. The molecule has 0 fully saturated rings. The Labute approximate surface area is 82.5 Å². The minimum absolute atomic E-state index is 0.00470. The first-order chi connectivity index (χ1) is 6.37. The molecule has 0 saturated heterocycles. The highest BCUT2D eigenvalue weighted by Crippen LogP contribution is 2.37. The van der Waals surface area contributed by atoms with Crippen LogP contribution in [0.5, 0.6) is 0 Å². The van der Waals surface area contributed by atoms with Crippen molar-refractivity contribution >= 4 is 13.7 Å². The summed E-state index contributed by atoms with van der Waals surface area (Å²) < 4.78 is 19.3. The number of hydroxylamine groups is 1. The normalized spacial score (nSPS) is 14.9. The molecular formula is C7H13NO5P-. The standard InChI is InChI=1S/C7H14NO5P/c1-4-7(9)8-13-14(10,11)12-5-6(2)3/h4,6H,1,5H2,2-3H3,(H,8,9)(H,10,11)/p-1. The third-order valence-electron chi connectivity index (χ3n) is 1.01. The van der Waals surface area contributed by atoms with E-state index in [9.17, 15) is 14.3 Å². The van der Waals surface area contributed by atoms with E-state index in [0.717, 1.165) is 6.08 Å². The van der Waals surface area contributed by atoms with Crippen LogP contribution in [-0.4, -0.2) is 12.5 Å². The van der Waals surface area contributed by atoms with Crippen LogP contribution in [0.1, 0.15) is 13.8 Å². The average Bonchev–Trinajstić information content (AvgIpc) is 2.11. The van der Waals surface area contributed by atoms with Gasteiger partial charge in [0.25, 0.3) is 13.7 Å². The molecule has 0 rings (SSSR count). The molecule has 1 unspecified atom stereocenters. The van der Waals surface area contributed by atoms with Gasteiger partial charge in [-0.1, -0.05) is 20.4 Å². The van der Waals surface area contributed by atoms with Gasteiger partial charge in [-0.2, -0.15) is 4.62 Å². The fraction of sp³-hybridized carbons (Fsp3) is 0.571. The zero-order valence-corrected chi connectivity index (χ0v) is 8.95. The summed E-state index contributed by atoms with van der Waals surface area (Å²) >= 11 is 0. The lowest BCUT2D eigenvalue weighted by Crippen LogP contribution is -2.24. The van der Waals surface area contributed by atoms with Gasteiger partial charge in [-0.25, -0.2) is 5.48 Å². The topological polar surface area (TPSA) is 87.7 Å². The van der Waals surface area contributed by atoms with Crippen LogP contribution in [-0.2, 0) is 18.5 Å². The zero-order valence-electron chi connectivity index (χ0n) is 8.06. The van der Waals surface area contributed by atoms with E-state index in [1.165, 1.54) is 0 Å². The largest absolute Gasteiger partial charge is 0.755 e. The number of amides is 1. The molecule has 0 spiro atoms. The zero-order chi connectivity index (χ0) is 11.2. The van der Waals surface area contributed by atoms with Crippen molar-refractivity contribution < 1.29 is 23.4 Å². The third-order valence-corrected chi connectivity index (χ3v) is 1.79. The molecule has 6 nitrogen and oxygen atoms in total. The fourth-order valence-corrected chi connectivity index (χ4v) is 1.14. The minimum Gasteiger partial charge on any atom is -0.755 e. The van der Waals surface area contributed by atoms with Gasteiger partial charge in [0.1, 0.15) is 0 Å². The van der Waals surface area contributed by atoms with Gasteiger partial charge in [-0.05, 0) is 12.0 Å². The number of phosphoric acid groups is 1. The first kappa shape index (κ1) is 13.3. The lowest BCUT2D eigenvalue weighted by atomic mass is 10.2. The summed E-state index contributed by atoms with van der Waals surface area (Å²) in [7, 11) is -4.44. The van der Waals surface area contributed by atoms with Crippen LogP contribution in [0.2, 0.25) is 0 Å². The number of rotatable bonds is 6. The lowest BCUT2D eigenvalue weighted by molar-refractivity contribution is -0.231. The van der Waals surface area contributed by atoms with Gasteiger partial charge in [0.2, 0.25) is 0 Å². The van der Waals surface area contributed by atoms with E-state index in [4.69, 9.17) is 0 Å². The highest BCUT2D eigenvalue weighted by Gasteiger charge is 2.11. The highest BCUT2D eigenvalue weighted by atomic mass is 31.2. The van der Waals surface area contributed by atoms with E-state index in [1.54, 1.807) is 19.3 Å². The van der Waals surface area contributed by atoms with Gasteiger partial charge in [-0.15, -0.1) is 0 Å². The average molecular weight is 222 g/mol. The Kier molecular flexibility index (Phi) is 5.64. The summed E-state index contributed by atoms with van der Waals surface area (Å²) in [5.41, 5.74) is 1.64. The molecule has 1 atom stereocenters. The molecule has 0 aromatic carbocycles. The van der Waals surface area contributed by atoms with Crippen molar-refractivity contribution in [1.82, 2.24) is 5.48 Å². The molecule has 0 aromatic rings. The van der Waals surface area contributed by atoms with E-state index in [2.05, 4.69) is 15.7 Å². The molecule has 82 valence electrons. The number of carbonyl (C=O) groups is 1. The molecule has 14 heavy (non-hydrogen) atoms. The number of phosphoric ester groups is 1. The first-order valence-electron chi connectivity index (χ1n) is 3.94. The summed E-state index contributed by atoms with van der Waals surface area (Å²) in [5.74, 6) is -0.704. The predicted molar refractivity (Wildman–Crippen MR) is 47.8 cm³/mol. The van der Waals surface area contributed by atoms with E-state index >= 15 is 0 Å². The molecule has 0 heterocycles. The van der Waals surface area contributed by atoms with Crippen LogP contribution in [0.3, 0.4) is 0 Å². The Balaban J connectivity index is 3.89. The molecule has 0 radical (unpaired) electrons. The van der Waals surface area contributed by atoms with Crippen molar-refractivity contribution in [2.24, 2.45) is 5.92 Å². The highest BCUT2D eigenvalue weighted by molar-refractivity contribution is 7.45. The second kappa shape index (κ2) is 5.93. The second-order valence-electron chi connectivity index (χ2n) is 2.90. The fourth-order valence-electron chi connectivity index (χ4n) is 0.409. The van der Waals surface area contributed by atoms with Crippen molar-refractivity contribution in [3.63, 3.8) is 0 Å². The molecule has 0 bridgehead atoms. The van der Waals surface area contributed by atoms with Gasteiger partial charge >= 0.3 is 0 Å². The molecule has 0 aliphatic heterocycles. The number of nitrogens with one attached hydrogen (secondary N) is 1. The second-order valence-corrected chi connectivity index (χ2v) is 4.23. The van der Waals surface area contributed by atoms with Crippen LogP contribution >= 0.6 is 7.82 Å². The minimum atomic E-state index is -4.44. The number of carbonyl (C=O) groups excluding carboxylic acids is 1. The third kappa shape index (κ3) is 6.80. The Bertz CT molecular complexity index is 252. The summed E-state index contributed by atoms with van der Waals surface area (Å²) in [6, 6.07) is 0. The van der Waals surface area contributed by atoms with E-state index in [1.807, 2.05) is 0 Å². The van der Waals surface area contributed by atoms with E-state index in [-0.39, 0.29) is 12.5 Å². The van der Waals surface area contributed by atoms with Gasteiger partial charge < -0.3 is 9.42 Å². The predicted octanol–water partition coefficient (Wildman–Crippen LogP) is 0.361.